The van der Waals surface area contributed by atoms with E-state index in [4.69, 9.17) is 22.1 Å². The number of aromatic nitrogens is 1. The van der Waals surface area contributed by atoms with Crippen LogP contribution in [0.5, 0.6) is 0 Å². The molecule has 0 fully saturated rings. The molecule has 88 valence electrons. The topological polar surface area (TPSA) is 187 Å². The zero-order valence-corrected chi connectivity index (χ0v) is 11.7. The molecular formula is C5H7KN6O5. The van der Waals surface area contributed by atoms with Gasteiger partial charge in [-0.1, -0.05) is 0 Å². The van der Waals surface area contributed by atoms with E-state index >= 15 is 0 Å². The van der Waals surface area contributed by atoms with Gasteiger partial charge in [-0.2, -0.15) is 0 Å². The number of nitrogens with zero attached hydrogens (tertiary/aromatic N) is 3. The van der Waals surface area contributed by atoms with E-state index in [2.05, 4.69) is 0 Å². The minimum absolute atomic E-state index is 0. The van der Waals surface area contributed by atoms with Crippen LogP contribution in [0, 0.1) is 25.6 Å². The Labute approximate surface area is 137 Å². The first-order chi connectivity index (χ1) is 7.29. The number of nitro groups is 2. The standard InChI is InChI=1S/C5H6N6O5.K.H/c6-1-2(10(13)14)4(7)9(12)5(8)3(1)11(15)16;;/h7,12H,6,8H2;;/q;+1;-1. The van der Waals surface area contributed by atoms with E-state index in [0.29, 0.717) is 0 Å². The van der Waals surface area contributed by atoms with Gasteiger partial charge in [0.25, 0.3) is 0 Å². The summed E-state index contributed by atoms with van der Waals surface area (Å²) >= 11 is 0. The zero-order valence-electron chi connectivity index (χ0n) is 9.58. The van der Waals surface area contributed by atoms with Crippen molar-refractivity contribution >= 4 is 22.9 Å². The summed E-state index contributed by atoms with van der Waals surface area (Å²) < 4.78 is -0.174. The van der Waals surface area contributed by atoms with E-state index in [0.717, 1.165) is 0 Å². The average Bonchev–Trinajstić information content (AvgIpc) is 2.13. The number of nitrogens with two attached hydrogens (primary N) is 2. The Morgan fingerprint density at radius 2 is 1.65 bits per heavy atom. The first-order valence-electron chi connectivity index (χ1n) is 3.65. The molecule has 17 heavy (non-hydrogen) atoms. The summed E-state index contributed by atoms with van der Waals surface area (Å²) in [4.78, 5) is 18.8. The molecule has 0 radical (unpaired) electrons. The predicted octanol–water partition coefficient (Wildman–Crippen LogP) is -3.70. The van der Waals surface area contributed by atoms with Gasteiger partial charge in [0.2, 0.25) is 11.3 Å². The molecule has 0 aromatic carbocycles. The molecule has 1 heterocycles. The first kappa shape index (κ1) is 15.8. The van der Waals surface area contributed by atoms with Gasteiger partial charge in [-0.25, -0.2) is 0 Å². The molecule has 0 bridgehead atoms. The van der Waals surface area contributed by atoms with Crippen molar-refractivity contribution in [2.45, 2.75) is 0 Å². The fraction of sp³-hybridized carbons (Fsp3) is 0. The van der Waals surface area contributed by atoms with Crippen LogP contribution < -0.4 is 68.3 Å². The molecule has 0 atom stereocenters. The summed E-state index contributed by atoms with van der Waals surface area (Å²) in [6, 6.07) is 0. The van der Waals surface area contributed by atoms with Crippen LogP contribution in [0.3, 0.4) is 0 Å². The molecule has 0 unspecified atom stereocenters. The Kier molecular flexibility index (Phi) is 5.03. The van der Waals surface area contributed by atoms with Crippen molar-refractivity contribution in [3.63, 3.8) is 0 Å². The normalized spacial score (nSPS) is 9.41. The molecular weight excluding hydrogens is 263 g/mol. The third-order valence-corrected chi connectivity index (χ3v) is 1.78. The molecule has 12 heteroatoms. The molecule has 0 aliphatic rings. The van der Waals surface area contributed by atoms with Crippen molar-refractivity contribution in [3.05, 3.63) is 25.7 Å². The van der Waals surface area contributed by atoms with Crippen LogP contribution in [-0.4, -0.2) is 19.8 Å². The molecule has 1 rings (SSSR count). The third kappa shape index (κ3) is 2.55. The van der Waals surface area contributed by atoms with Crippen LogP contribution in [-0.2, 0) is 0 Å². The van der Waals surface area contributed by atoms with Gasteiger partial charge in [0.05, 0.1) is 9.85 Å². The van der Waals surface area contributed by atoms with Crippen LogP contribution in [0.15, 0.2) is 0 Å². The average molecular weight is 270 g/mol. The molecule has 0 aliphatic carbocycles. The Bertz CT molecular complexity index is 558. The second-order valence-corrected chi connectivity index (χ2v) is 2.67. The van der Waals surface area contributed by atoms with Crippen molar-refractivity contribution in [1.29, 1.82) is 5.41 Å². The molecule has 0 aliphatic heterocycles. The molecule has 0 saturated carbocycles. The second kappa shape index (κ2) is 5.41. The summed E-state index contributed by atoms with van der Waals surface area (Å²) in [5.41, 5.74) is 6.25. The van der Waals surface area contributed by atoms with Crippen molar-refractivity contribution in [1.82, 2.24) is 4.73 Å². The van der Waals surface area contributed by atoms with Crippen molar-refractivity contribution in [2.24, 2.45) is 0 Å². The maximum absolute atomic E-state index is 10.5. The minimum Gasteiger partial charge on any atom is -1.00 e. The van der Waals surface area contributed by atoms with Gasteiger partial charge in [-0.05, 0) is 0 Å². The fourth-order valence-corrected chi connectivity index (χ4v) is 1.08. The predicted molar refractivity (Wildman–Crippen MR) is 50.7 cm³/mol. The number of rotatable bonds is 2. The molecule has 0 spiro atoms. The number of anilines is 2. The first-order valence-corrected chi connectivity index (χ1v) is 3.65. The quantitative estimate of drug-likeness (QED) is 0.184. The van der Waals surface area contributed by atoms with E-state index in [1.807, 2.05) is 0 Å². The van der Waals surface area contributed by atoms with E-state index in [1.165, 1.54) is 0 Å². The van der Waals surface area contributed by atoms with Gasteiger partial charge in [0.15, 0.2) is 5.69 Å². The van der Waals surface area contributed by atoms with Gasteiger partial charge in [0.1, 0.15) is 0 Å². The van der Waals surface area contributed by atoms with Crippen LogP contribution in [0.25, 0.3) is 0 Å². The number of nitrogens with one attached hydrogen (secondary N) is 1. The summed E-state index contributed by atoms with van der Waals surface area (Å²) in [6.45, 7) is 0. The summed E-state index contributed by atoms with van der Waals surface area (Å²) in [5, 5.41) is 37.3. The maximum Gasteiger partial charge on any atom is 1.00 e. The van der Waals surface area contributed by atoms with E-state index < -0.39 is 38.2 Å². The van der Waals surface area contributed by atoms with Crippen LogP contribution in [0.4, 0.5) is 22.9 Å². The van der Waals surface area contributed by atoms with Crippen LogP contribution in [0.2, 0.25) is 0 Å². The largest absolute Gasteiger partial charge is 1.00 e. The van der Waals surface area contributed by atoms with Crippen molar-refractivity contribution in [2.75, 3.05) is 11.5 Å². The monoisotopic (exact) mass is 270 g/mol. The van der Waals surface area contributed by atoms with Gasteiger partial charge < -0.3 is 18.1 Å². The Morgan fingerprint density at radius 3 is 2.00 bits per heavy atom. The smallest absolute Gasteiger partial charge is 1.00 e. The number of hydrogen-bond acceptors (Lipinski definition) is 8. The number of nitrogen functional groups attached to an aromatic ring is 2. The second-order valence-electron chi connectivity index (χ2n) is 2.67. The van der Waals surface area contributed by atoms with Crippen LogP contribution >= 0.6 is 0 Å². The van der Waals surface area contributed by atoms with Crippen molar-refractivity contribution in [3.8, 4) is 0 Å². The number of pyridine rings is 1. The molecule has 6 N–H and O–H groups in total. The maximum atomic E-state index is 10.5. The molecule has 11 nitrogen and oxygen atoms in total. The molecule has 0 saturated heterocycles. The minimum atomic E-state index is -1.11. The Morgan fingerprint density at radius 1 is 1.24 bits per heavy atom. The Balaban J connectivity index is 0. The van der Waals surface area contributed by atoms with Gasteiger partial charge in [-0.3, -0.25) is 25.6 Å². The zero-order chi connectivity index (χ0) is 12.6. The molecule has 1 aromatic rings. The third-order valence-electron chi connectivity index (χ3n) is 1.78. The van der Waals surface area contributed by atoms with Gasteiger partial charge in [-0.15, -0.1) is 4.73 Å². The summed E-state index contributed by atoms with van der Waals surface area (Å²) in [6.07, 6.45) is 0. The SMILES string of the molecule is N=c1c([N+](=O)[O-])c(N)c([N+](=O)[O-])c(N)n1O.[H-].[K+]. The van der Waals surface area contributed by atoms with E-state index in [-0.39, 0.29) is 57.5 Å². The summed E-state index contributed by atoms with van der Waals surface area (Å²) in [7, 11) is 0. The fourth-order valence-electron chi connectivity index (χ4n) is 1.08. The Hall–Kier alpha value is -1.21. The van der Waals surface area contributed by atoms with Gasteiger partial charge >= 0.3 is 62.8 Å². The number of hydrogen-bond donors (Lipinski definition) is 4. The van der Waals surface area contributed by atoms with Crippen molar-refractivity contribution < 1.29 is 67.9 Å². The van der Waals surface area contributed by atoms with E-state index in [1.54, 1.807) is 0 Å². The van der Waals surface area contributed by atoms with E-state index in [9.17, 15) is 20.2 Å². The summed E-state index contributed by atoms with van der Waals surface area (Å²) in [5.74, 6) is -0.849. The van der Waals surface area contributed by atoms with Crippen LogP contribution in [0.1, 0.15) is 1.43 Å². The van der Waals surface area contributed by atoms with Gasteiger partial charge in [0, 0.05) is 0 Å². The molecule has 1 aromatic heterocycles. The molecule has 0 amide bonds.